The van der Waals surface area contributed by atoms with Crippen LogP contribution in [0.25, 0.3) is 0 Å². The summed E-state index contributed by atoms with van der Waals surface area (Å²) in [6.45, 7) is 5.41. The van der Waals surface area contributed by atoms with Gasteiger partial charge in [-0.05, 0) is 25.7 Å². The first-order valence-electron chi connectivity index (χ1n) is 5.22. The molecule has 2 atom stereocenters. The minimum Gasteiger partial charge on any atom is -0.378 e. The lowest BCUT2D eigenvalue weighted by atomic mass is 9.94. The van der Waals surface area contributed by atoms with Crippen LogP contribution in [0.2, 0.25) is 0 Å². The number of hydrogen-bond donors (Lipinski definition) is 0. The fourth-order valence-corrected chi connectivity index (χ4v) is 2.28. The van der Waals surface area contributed by atoms with E-state index in [0.29, 0.717) is 19.2 Å². The van der Waals surface area contributed by atoms with Crippen molar-refractivity contribution < 1.29 is 9.13 Å². The molecular weight excluding hydrogens is 169 g/mol. The molecule has 2 unspecified atom stereocenters. The Morgan fingerprint density at radius 2 is 2.23 bits per heavy atom. The molecule has 2 nitrogen and oxygen atoms in total. The molecule has 76 valence electrons. The van der Waals surface area contributed by atoms with Crippen molar-refractivity contribution in [3.8, 4) is 0 Å². The predicted octanol–water partition coefficient (Wildman–Crippen LogP) is 1.46. The van der Waals surface area contributed by atoms with Gasteiger partial charge in [-0.25, -0.2) is 4.39 Å². The Morgan fingerprint density at radius 1 is 1.46 bits per heavy atom. The summed E-state index contributed by atoms with van der Waals surface area (Å²) in [7, 11) is 0. The molecule has 0 aromatic carbocycles. The van der Waals surface area contributed by atoms with Crippen LogP contribution in [0.1, 0.15) is 19.8 Å². The molecular formula is C10H18FNO. The molecule has 13 heavy (non-hydrogen) atoms. The van der Waals surface area contributed by atoms with E-state index in [2.05, 4.69) is 11.8 Å². The number of ether oxygens (including phenoxy) is 1. The lowest BCUT2D eigenvalue weighted by Crippen LogP contribution is -2.50. The van der Waals surface area contributed by atoms with E-state index < -0.39 is 6.17 Å². The Balaban J connectivity index is 1.69. The second-order valence-corrected chi connectivity index (χ2v) is 4.39. The molecule has 2 fully saturated rings. The molecule has 0 saturated carbocycles. The van der Waals surface area contributed by atoms with E-state index in [4.69, 9.17) is 4.74 Å². The summed E-state index contributed by atoms with van der Waals surface area (Å²) in [4.78, 5) is 2.22. The number of alkyl halides is 1. The molecule has 0 aliphatic carbocycles. The largest absolute Gasteiger partial charge is 0.378 e. The minimum absolute atomic E-state index is 0.404. The third-order valence-corrected chi connectivity index (χ3v) is 3.02. The number of likely N-dealkylation sites (tertiary alicyclic amines) is 1. The number of hydrogen-bond acceptors (Lipinski definition) is 2. The molecule has 3 heteroatoms. The van der Waals surface area contributed by atoms with Gasteiger partial charge in [0.25, 0.3) is 0 Å². The van der Waals surface area contributed by atoms with E-state index in [-0.39, 0.29) is 0 Å². The SMILES string of the molecule is CC1CC(CN2CC(F)C2)CCO1. The molecule has 0 aromatic heterocycles. The van der Waals surface area contributed by atoms with Crippen molar-refractivity contribution in [2.24, 2.45) is 5.92 Å². The molecule has 0 amide bonds. The fraction of sp³-hybridized carbons (Fsp3) is 1.00. The van der Waals surface area contributed by atoms with Gasteiger partial charge in [0.15, 0.2) is 0 Å². The van der Waals surface area contributed by atoms with Crippen LogP contribution in [-0.2, 0) is 4.74 Å². The zero-order valence-electron chi connectivity index (χ0n) is 8.21. The summed E-state index contributed by atoms with van der Waals surface area (Å²) in [5.74, 6) is 0.733. The van der Waals surface area contributed by atoms with Crippen molar-refractivity contribution in [1.29, 1.82) is 0 Å². The number of nitrogens with zero attached hydrogens (tertiary/aromatic N) is 1. The van der Waals surface area contributed by atoms with Gasteiger partial charge in [-0.15, -0.1) is 0 Å². The van der Waals surface area contributed by atoms with Gasteiger partial charge >= 0.3 is 0 Å². The Labute approximate surface area is 79.1 Å². The van der Waals surface area contributed by atoms with Gasteiger partial charge in [0.1, 0.15) is 6.17 Å². The van der Waals surface area contributed by atoms with E-state index in [1.807, 2.05) is 0 Å². The lowest BCUT2D eigenvalue weighted by Gasteiger charge is -2.38. The molecule has 2 rings (SSSR count). The molecule has 0 radical (unpaired) electrons. The summed E-state index contributed by atoms with van der Waals surface area (Å²) in [6, 6.07) is 0. The second kappa shape index (κ2) is 3.93. The average molecular weight is 187 g/mol. The van der Waals surface area contributed by atoms with Crippen molar-refractivity contribution in [1.82, 2.24) is 4.90 Å². The number of halogens is 1. The molecule has 0 aromatic rings. The van der Waals surface area contributed by atoms with Gasteiger partial charge in [0.2, 0.25) is 0 Å². The van der Waals surface area contributed by atoms with Crippen LogP contribution < -0.4 is 0 Å². The summed E-state index contributed by atoms with van der Waals surface area (Å²) in [5, 5.41) is 0. The summed E-state index contributed by atoms with van der Waals surface area (Å²) >= 11 is 0. The predicted molar refractivity (Wildman–Crippen MR) is 49.5 cm³/mol. The van der Waals surface area contributed by atoms with E-state index in [1.54, 1.807) is 0 Å². The molecule has 2 aliphatic heterocycles. The second-order valence-electron chi connectivity index (χ2n) is 4.39. The van der Waals surface area contributed by atoms with Crippen molar-refractivity contribution in [2.45, 2.75) is 32.0 Å². The summed E-state index contributed by atoms with van der Waals surface area (Å²) in [6.07, 6.45) is 2.14. The van der Waals surface area contributed by atoms with Crippen LogP contribution >= 0.6 is 0 Å². The van der Waals surface area contributed by atoms with Gasteiger partial charge in [-0.1, -0.05) is 0 Å². The summed E-state index contributed by atoms with van der Waals surface area (Å²) in [5.41, 5.74) is 0. The average Bonchev–Trinajstić information content (AvgIpc) is 2.01. The highest BCUT2D eigenvalue weighted by Gasteiger charge is 2.29. The Hall–Kier alpha value is -0.150. The minimum atomic E-state index is -0.558. The molecule has 2 saturated heterocycles. The molecule has 2 heterocycles. The summed E-state index contributed by atoms with van der Waals surface area (Å²) < 4.78 is 18.0. The van der Waals surface area contributed by atoms with E-state index in [0.717, 1.165) is 31.9 Å². The normalized spacial score (nSPS) is 37.4. The maximum absolute atomic E-state index is 12.5. The number of rotatable bonds is 2. The van der Waals surface area contributed by atoms with Crippen molar-refractivity contribution in [3.63, 3.8) is 0 Å². The highest BCUT2D eigenvalue weighted by atomic mass is 19.1. The van der Waals surface area contributed by atoms with Crippen LogP contribution in [0.3, 0.4) is 0 Å². The molecule has 0 N–H and O–H groups in total. The third kappa shape index (κ3) is 2.41. The van der Waals surface area contributed by atoms with Gasteiger partial charge < -0.3 is 4.74 Å². The Bertz CT molecular complexity index is 170. The maximum atomic E-state index is 12.5. The zero-order valence-corrected chi connectivity index (χ0v) is 8.21. The maximum Gasteiger partial charge on any atom is 0.125 e. The third-order valence-electron chi connectivity index (χ3n) is 3.02. The molecule has 0 spiro atoms. The first-order chi connectivity index (χ1) is 6.24. The van der Waals surface area contributed by atoms with E-state index in [9.17, 15) is 4.39 Å². The van der Waals surface area contributed by atoms with Crippen LogP contribution in [-0.4, -0.2) is 43.4 Å². The van der Waals surface area contributed by atoms with Crippen LogP contribution in [0, 0.1) is 5.92 Å². The smallest absolute Gasteiger partial charge is 0.125 e. The Kier molecular flexibility index (Phi) is 2.84. The highest BCUT2D eigenvalue weighted by Crippen LogP contribution is 2.23. The standard InChI is InChI=1S/C10H18FNO/c1-8-4-9(2-3-13-8)5-12-6-10(11)7-12/h8-10H,2-7H2,1H3. The van der Waals surface area contributed by atoms with Crippen molar-refractivity contribution >= 4 is 0 Å². The highest BCUT2D eigenvalue weighted by molar-refractivity contribution is 4.82. The van der Waals surface area contributed by atoms with Crippen LogP contribution in [0.4, 0.5) is 4.39 Å². The van der Waals surface area contributed by atoms with Gasteiger partial charge in [0.05, 0.1) is 6.10 Å². The van der Waals surface area contributed by atoms with Crippen LogP contribution in [0.15, 0.2) is 0 Å². The van der Waals surface area contributed by atoms with E-state index in [1.165, 1.54) is 0 Å². The van der Waals surface area contributed by atoms with E-state index >= 15 is 0 Å². The zero-order chi connectivity index (χ0) is 9.26. The monoisotopic (exact) mass is 187 g/mol. The van der Waals surface area contributed by atoms with Crippen LogP contribution in [0.5, 0.6) is 0 Å². The molecule has 2 aliphatic rings. The van der Waals surface area contributed by atoms with Gasteiger partial charge in [-0.2, -0.15) is 0 Å². The fourth-order valence-electron chi connectivity index (χ4n) is 2.28. The first kappa shape index (κ1) is 9.41. The van der Waals surface area contributed by atoms with Gasteiger partial charge in [-0.3, -0.25) is 4.90 Å². The lowest BCUT2D eigenvalue weighted by molar-refractivity contribution is -0.0214. The molecule has 0 bridgehead atoms. The van der Waals surface area contributed by atoms with Crippen molar-refractivity contribution in [3.05, 3.63) is 0 Å². The van der Waals surface area contributed by atoms with Gasteiger partial charge in [0, 0.05) is 26.2 Å². The first-order valence-corrected chi connectivity index (χ1v) is 5.22. The quantitative estimate of drug-likeness (QED) is 0.649. The van der Waals surface area contributed by atoms with Crippen molar-refractivity contribution in [2.75, 3.05) is 26.2 Å². The Morgan fingerprint density at radius 3 is 2.85 bits per heavy atom. The topological polar surface area (TPSA) is 12.5 Å².